The van der Waals surface area contributed by atoms with Gasteiger partial charge in [0.05, 0.1) is 18.6 Å². The van der Waals surface area contributed by atoms with E-state index in [-0.39, 0.29) is 19.5 Å². The molecule has 0 saturated carbocycles. The molecule has 0 aromatic heterocycles. The molecule has 0 unspecified atom stereocenters. The van der Waals surface area contributed by atoms with Gasteiger partial charge in [0.15, 0.2) is 0 Å². The number of carboxylic acids is 1. The molecular weight excluding hydrogens is 324 g/mol. The summed E-state index contributed by atoms with van der Waals surface area (Å²) in [5, 5.41) is 12.5. The number of rotatable bonds is 6. The predicted molar refractivity (Wildman–Crippen MR) is 93.6 cm³/mol. The van der Waals surface area contributed by atoms with Crippen molar-refractivity contribution in [2.75, 3.05) is 25.5 Å². The van der Waals surface area contributed by atoms with E-state index in [0.29, 0.717) is 6.61 Å². The fraction of sp³-hybridized carbons (Fsp3) is 0.556. The van der Waals surface area contributed by atoms with Gasteiger partial charge in [0.25, 0.3) is 0 Å². The van der Waals surface area contributed by atoms with Crippen molar-refractivity contribution in [3.8, 4) is 0 Å². The van der Waals surface area contributed by atoms with Gasteiger partial charge in [-0.2, -0.15) is 0 Å². The molecule has 7 heteroatoms. The Kier molecular flexibility index (Phi) is 5.57. The third kappa shape index (κ3) is 5.35. The van der Waals surface area contributed by atoms with Crippen LogP contribution in [0, 0.1) is 0 Å². The first-order valence-electron chi connectivity index (χ1n) is 8.18. The maximum atomic E-state index is 12.1. The Morgan fingerprint density at radius 1 is 1.24 bits per heavy atom. The van der Waals surface area contributed by atoms with Crippen LogP contribution in [0.4, 0.5) is 10.5 Å². The van der Waals surface area contributed by atoms with E-state index in [9.17, 15) is 14.7 Å². The van der Waals surface area contributed by atoms with Crippen molar-refractivity contribution in [1.82, 2.24) is 4.90 Å². The van der Waals surface area contributed by atoms with E-state index in [1.165, 1.54) is 4.90 Å². The van der Waals surface area contributed by atoms with Crippen molar-refractivity contribution < 1.29 is 24.2 Å². The number of aliphatic carboxylic acids is 1. The third-order valence-corrected chi connectivity index (χ3v) is 3.80. The minimum absolute atomic E-state index is 0.0773. The van der Waals surface area contributed by atoms with Crippen molar-refractivity contribution in [3.05, 3.63) is 29.8 Å². The molecule has 25 heavy (non-hydrogen) atoms. The van der Waals surface area contributed by atoms with Crippen molar-refractivity contribution >= 4 is 17.7 Å². The lowest BCUT2D eigenvalue weighted by molar-refractivity contribution is -0.139. The molecule has 1 fully saturated rings. The van der Waals surface area contributed by atoms with E-state index >= 15 is 0 Å². The lowest BCUT2D eigenvalue weighted by Gasteiger charge is -2.50. The number of likely N-dealkylation sites (tertiary alicyclic amines) is 1. The molecule has 1 saturated heterocycles. The lowest BCUT2D eigenvalue weighted by Crippen LogP contribution is -2.68. The maximum Gasteiger partial charge on any atom is 0.410 e. The Hall–Kier alpha value is -2.28. The minimum atomic E-state index is -0.910. The largest absolute Gasteiger partial charge is 0.481 e. The zero-order valence-electron chi connectivity index (χ0n) is 15.2. The normalized spacial score (nSPS) is 16.1. The number of carboxylic acid groups (broad SMARTS) is 1. The number of nitrogens with zero attached hydrogens (tertiary/aromatic N) is 1. The summed E-state index contributed by atoms with van der Waals surface area (Å²) in [5.74, 6) is -0.910. The molecule has 1 aliphatic heterocycles. The predicted octanol–water partition coefficient (Wildman–Crippen LogP) is 2.71. The molecule has 1 heterocycles. The summed E-state index contributed by atoms with van der Waals surface area (Å²) in [7, 11) is 1.63. The smallest absolute Gasteiger partial charge is 0.410 e. The fourth-order valence-corrected chi connectivity index (χ4v) is 2.82. The first kappa shape index (κ1) is 19.1. The Morgan fingerprint density at radius 3 is 2.32 bits per heavy atom. The zero-order chi connectivity index (χ0) is 18.7. The minimum Gasteiger partial charge on any atom is -0.481 e. The second kappa shape index (κ2) is 7.31. The molecule has 2 rings (SSSR count). The average Bonchev–Trinajstić information content (AvgIpc) is 2.44. The molecule has 0 radical (unpaired) electrons. The first-order chi connectivity index (χ1) is 11.6. The monoisotopic (exact) mass is 350 g/mol. The molecule has 1 aliphatic rings. The third-order valence-electron chi connectivity index (χ3n) is 3.80. The Bertz CT molecular complexity index is 615. The van der Waals surface area contributed by atoms with Crippen LogP contribution in [0.1, 0.15) is 32.8 Å². The van der Waals surface area contributed by atoms with Crippen molar-refractivity contribution in [1.29, 1.82) is 0 Å². The fourth-order valence-electron chi connectivity index (χ4n) is 2.82. The standard InChI is InChI=1S/C18H26N2O5/c1-17(2,3)25-16(23)20-11-18(12-20,9-15(21)22)19-14-7-5-13(6-8-14)10-24-4/h5-8,19H,9-12H2,1-4H3,(H,21,22). The number of amides is 1. The summed E-state index contributed by atoms with van der Waals surface area (Å²) < 4.78 is 10.4. The van der Waals surface area contributed by atoms with Crippen LogP contribution in [0.25, 0.3) is 0 Å². The Labute approximate surface area is 147 Å². The Balaban J connectivity index is 2.03. The lowest BCUT2D eigenvalue weighted by atomic mass is 9.86. The SMILES string of the molecule is COCc1ccc(NC2(CC(=O)O)CN(C(=O)OC(C)(C)C)C2)cc1. The van der Waals surface area contributed by atoms with E-state index in [4.69, 9.17) is 9.47 Å². The van der Waals surface area contributed by atoms with Gasteiger partial charge in [0, 0.05) is 25.9 Å². The number of methoxy groups -OCH3 is 1. The zero-order valence-corrected chi connectivity index (χ0v) is 15.2. The van der Waals surface area contributed by atoms with Crippen LogP contribution in [-0.4, -0.2) is 53.4 Å². The second-order valence-electron chi connectivity index (χ2n) is 7.44. The van der Waals surface area contributed by atoms with Crippen LogP contribution in [-0.2, 0) is 20.9 Å². The second-order valence-corrected chi connectivity index (χ2v) is 7.44. The van der Waals surface area contributed by atoms with Crippen LogP contribution >= 0.6 is 0 Å². The summed E-state index contributed by atoms with van der Waals surface area (Å²) >= 11 is 0. The average molecular weight is 350 g/mol. The number of ether oxygens (including phenoxy) is 2. The van der Waals surface area contributed by atoms with Gasteiger partial charge in [0.2, 0.25) is 0 Å². The van der Waals surface area contributed by atoms with E-state index in [2.05, 4.69) is 5.32 Å². The van der Waals surface area contributed by atoms with E-state index in [0.717, 1.165) is 11.3 Å². The number of anilines is 1. The Morgan fingerprint density at radius 2 is 1.84 bits per heavy atom. The molecule has 0 spiro atoms. The van der Waals surface area contributed by atoms with Gasteiger partial charge in [-0.05, 0) is 38.5 Å². The van der Waals surface area contributed by atoms with Gasteiger partial charge >= 0.3 is 12.1 Å². The summed E-state index contributed by atoms with van der Waals surface area (Å²) in [6.07, 6.45) is -0.502. The molecule has 2 N–H and O–H groups in total. The van der Waals surface area contributed by atoms with Crippen molar-refractivity contribution in [3.63, 3.8) is 0 Å². The van der Waals surface area contributed by atoms with E-state index in [1.54, 1.807) is 27.9 Å². The highest BCUT2D eigenvalue weighted by Crippen LogP contribution is 2.31. The van der Waals surface area contributed by atoms with Gasteiger partial charge in [-0.25, -0.2) is 4.79 Å². The highest BCUT2D eigenvalue weighted by atomic mass is 16.6. The highest BCUT2D eigenvalue weighted by molar-refractivity contribution is 5.74. The van der Waals surface area contributed by atoms with Crippen molar-refractivity contribution in [2.45, 2.75) is 44.9 Å². The van der Waals surface area contributed by atoms with Gasteiger partial charge in [-0.1, -0.05) is 12.1 Å². The first-order valence-corrected chi connectivity index (χ1v) is 8.18. The van der Waals surface area contributed by atoms with Gasteiger partial charge in [0.1, 0.15) is 5.60 Å². The van der Waals surface area contributed by atoms with Crippen LogP contribution < -0.4 is 5.32 Å². The highest BCUT2D eigenvalue weighted by Gasteiger charge is 2.48. The summed E-state index contributed by atoms with van der Waals surface area (Å²) in [6, 6.07) is 7.61. The van der Waals surface area contributed by atoms with Crippen LogP contribution in [0.5, 0.6) is 0 Å². The molecule has 7 nitrogen and oxygen atoms in total. The number of benzene rings is 1. The van der Waals surface area contributed by atoms with E-state index < -0.39 is 23.2 Å². The van der Waals surface area contributed by atoms with Gasteiger partial charge in [-0.15, -0.1) is 0 Å². The maximum absolute atomic E-state index is 12.1. The number of hydrogen-bond donors (Lipinski definition) is 2. The quantitative estimate of drug-likeness (QED) is 0.820. The molecule has 1 amide bonds. The van der Waals surface area contributed by atoms with Crippen LogP contribution in [0.3, 0.4) is 0 Å². The number of carbonyl (C=O) groups excluding carboxylic acids is 1. The summed E-state index contributed by atoms with van der Waals surface area (Å²) in [4.78, 5) is 24.9. The number of nitrogens with one attached hydrogen (secondary N) is 1. The number of carbonyl (C=O) groups is 2. The van der Waals surface area contributed by atoms with Crippen LogP contribution in [0.15, 0.2) is 24.3 Å². The molecule has 0 atom stereocenters. The van der Waals surface area contributed by atoms with Gasteiger partial charge < -0.3 is 24.8 Å². The molecule has 138 valence electrons. The van der Waals surface area contributed by atoms with Crippen molar-refractivity contribution in [2.24, 2.45) is 0 Å². The summed E-state index contributed by atoms with van der Waals surface area (Å²) in [6.45, 7) is 6.49. The summed E-state index contributed by atoms with van der Waals surface area (Å²) in [5.41, 5.74) is 0.576. The molecule has 1 aromatic rings. The molecule has 1 aromatic carbocycles. The topological polar surface area (TPSA) is 88.1 Å². The van der Waals surface area contributed by atoms with Crippen LogP contribution in [0.2, 0.25) is 0 Å². The van der Waals surface area contributed by atoms with Gasteiger partial charge in [-0.3, -0.25) is 4.79 Å². The molecule has 0 aliphatic carbocycles. The molecular formula is C18H26N2O5. The van der Waals surface area contributed by atoms with E-state index in [1.807, 2.05) is 24.3 Å². The molecule has 0 bridgehead atoms. The number of hydrogen-bond acceptors (Lipinski definition) is 5.